The van der Waals surface area contributed by atoms with Crippen LogP contribution in [0.4, 0.5) is 0 Å². The molecule has 0 aliphatic carbocycles. The molecule has 0 aromatic heterocycles. The molecule has 1 unspecified atom stereocenters. The van der Waals surface area contributed by atoms with Crippen molar-refractivity contribution >= 4 is 5.91 Å². The summed E-state index contributed by atoms with van der Waals surface area (Å²) in [5.41, 5.74) is 0. The van der Waals surface area contributed by atoms with E-state index in [2.05, 4.69) is 18.7 Å². The van der Waals surface area contributed by atoms with Crippen LogP contribution in [-0.2, 0) is 9.53 Å². The molecule has 1 heterocycles. The molecule has 0 N–H and O–H groups in total. The second kappa shape index (κ2) is 8.48. The molecule has 1 atom stereocenters. The molecule has 1 saturated heterocycles. The van der Waals surface area contributed by atoms with E-state index in [9.17, 15) is 4.79 Å². The zero-order valence-corrected chi connectivity index (χ0v) is 12.2. The van der Waals surface area contributed by atoms with E-state index >= 15 is 0 Å². The lowest BCUT2D eigenvalue weighted by atomic mass is 10.1. The first-order chi connectivity index (χ1) is 8.71. The number of amides is 1. The molecule has 1 aliphatic heterocycles. The highest BCUT2D eigenvalue weighted by Crippen LogP contribution is 2.17. The number of rotatable bonds is 8. The highest BCUT2D eigenvalue weighted by atomic mass is 16.5. The van der Waals surface area contributed by atoms with Crippen LogP contribution in [0.2, 0.25) is 0 Å². The van der Waals surface area contributed by atoms with E-state index in [-0.39, 0.29) is 0 Å². The van der Waals surface area contributed by atoms with Crippen molar-refractivity contribution in [2.24, 2.45) is 5.92 Å². The van der Waals surface area contributed by atoms with Crippen molar-refractivity contribution < 1.29 is 9.53 Å². The first-order valence-electron chi connectivity index (χ1n) is 7.29. The lowest BCUT2D eigenvalue weighted by Gasteiger charge is -2.21. The summed E-state index contributed by atoms with van der Waals surface area (Å²) in [5, 5.41) is 0. The van der Waals surface area contributed by atoms with Crippen molar-refractivity contribution in [3.63, 3.8) is 0 Å². The summed E-state index contributed by atoms with van der Waals surface area (Å²) in [5.74, 6) is 0.850. The molecule has 0 bridgehead atoms. The van der Waals surface area contributed by atoms with Crippen molar-refractivity contribution in [3.05, 3.63) is 0 Å². The maximum atomic E-state index is 12.1. The molecule has 1 rings (SSSR count). The van der Waals surface area contributed by atoms with Gasteiger partial charge in [-0.15, -0.1) is 0 Å². The summed E-state index contributed by atoms with van der Waals surface area (Å²) in [4.78, 5) is 16.4. The molecule has 0 aromatic carbocycles. The van der Waals surface area contributed by atoms with Crippen LogP contribution in [0.15, 0.2) is 0 Å². The second-order valence-corrected chi connectivity index (χ2v) is 4.93. The third-order valence-corrected chi connectivity index (χ3v) is 3.73. The summed E-state index contributed by atoms with van der Waals surface area (Å²) in [6, 6.07) is 0. The van der Waals surface area contributed by atoms with Crippen LogP contribution in [-0.4, -0.2) is 61.6 Å². The minimum atomic E-state index is 0.306. The SMILES string of the molecule is CCOCC1CCN(C(=O)CCN(CC)CC)C1. The van der Waals surface area contributed by atoms with Crippen LogP contribution in [0.5, 0.6) is 0 Å². The van der Waals surface area contributed by atoms with Gasteiger partial charge in [0.25, 0.3) is 0 Å². The molecule has 106 valence electrons. The van der Waals surface area contributed by atoms with Gasteiger partial charge in [0.15, 0.2) is 0 Å². The van der Waals surface area contributed by atoms with Gasteiger partial charge in [-0.2, -0.15) is 0 Å². The average Bonchev–Trinajstić information content (AvgIpc) is 2.86. The van der Waals surface area contributed by atoms with Crippen molar-refractivity contribution in [2.75, 3.05) is 45.9 Å². The highest BCUT2D eigenvalue weighted by molar-refractivity contribution is 5.76. The molecule has 4 nitrogen and oxygen atoms in total. The van der Waals surface area contributed by atoms with Gasteiger partial charge in [-0.1, -0.05) is 13.8 Å². The van der Waals surface area contributed by atoms with E-state index in [0.29, 0.717) is 18.2 Å². The summed E-state index contributed by atoms with van der Waals surface area (Å²) in [6.45, 7) is 12.6. The Morgan fingerprint density at radius 2 is 2.06 bits per heavy atom. The minimum Gasteiger partial charge on any atom is -0.381 e. The number of carbonyl (C=O) groups excluding carboxylic acids is 1. The predicted molar refractivity (Wildman–Crippen MR) is 73.6 cm³/mol. The Morgan fingerprint density at radius 1 is 1.33 bits per heavy atom. The number of hydrogen-bond acceptors (Lipinski definition) is 3. The fraction of sp³-hybridized carbons (Fsp3) is 0.929. The first-order valence-corrected chi connectivity index (χ1v) is 7.29. The van der Waals surface area contributed by atoms with E-state index in [4.69, 9.17) is 4.74 Å². The summed E-state index contributed by atoms with van der Waals surface area (Å²) >= 11 is 0. The molecular weight excluding hydrogens is 228 g/mol. The lowest BCUT2D eigenvalue weighted by molar-refractivity contribution is -0.130. The molecule has 0 spiro atoms. The Bertz CT molecular complexity index is 242. The first kappa shape index (κ1) is 15.4. The number of nitrogens with zero attached hydrogens (tertiary/aromatic N) is 2. The van der Waals surface area contributed by atoms with Crippen LogP contribution >= 0.6 is 0 Å². The van der Waals surface area contributed by atoms with Gasteiger partial charge in [0, 0.05) is 38.6 Å². The van der Waals surface area contributed by atoms with Gasteiger partial charge in [0.2, 0.25) is 5.91 Å². The van der Waals surface area contributed by atoms with Crippen LogP contribution in [0.25, 0.3) is 0 Å². The van der Waals surface area contributed by atoms with Gasteiger partial charge in [-0.25, -0.2) is 0 Å². The molecule has 0 saturated carbocycles. The molecule has 1 amide bonds. The number of likely N-dealkylation sites (tertiary alicyclic amines) is 1. The predicted octanol–water partition coefficient (Wildman–Crippen LogP) is 1.60. The molecule has 4 heteroatoms. The fourth-order valence-electron chi connectivity index (χ4n) is 2.43. The van der Waals surface area contributed by atoms with Gasteiger partial charge in [-0.3, -0.25) is 4.79 Å². The molecule has 0 aromatic rings. The van der Waals surface area contributed by atoms with E-state index in [1.807, 2.05) is 11.8 Å². The monoisotopic (exact) mass is 256 g/mol. The Kier molecular flexibility index (Phi) is 7.28. The lowest BCUT2D eigenvalue weighted by Crippen LogP contribution is -2.33. The molecule has 18 heavy (non-hydrogen) atoms. The van der Waals surface area contributed by atoms with E-state index < -0.39 is 0 Å². The van der Waals surface area contributed by atoms with Crippen LogP contribution < -0.4 is 0 Å². The normalized spacial score (nSPS) is 19.8. The Balaban J connectivity index is 2.23. The summed E-state index contributed by atoms with van der Waals surface area (Å²) in [6.07, 6.45) is 1.75. The summed E-state index contributed by atoms with van der Waals surface area (Å²) < 4.78 is 5.43. The third-order valence-electron chi connectivity index (χ3n) is 3.73. The molecular formula is C14H28N2O2. The van der Waals surface area contributed by atoms with Crippen molar-refractivity contribution in [3.8, 4) is 0 Å². The quantitative estimate of drug-likeness (QED) is 0.661. The standard InChI is InChI=1S/C14H28N2O2/c1-4-15(5-2)9-8-14(17)16-10-7-13(11-16)12-18-6-3/h13H,4-12H2,1-3H3. The Morgan fingerprint density at radius 3 is 2.67 bits per heavy atom. The maximum absolute atomic E-state index is 12.1. The smallest absolute Gasteiger partial charge is 0.223 e. The van der Waals surface area contributed by atoms with Gasteiger partial charge >= 0.3 is 0 Å². The maximum Gasteiger partial charge on any atom is 0.223 e. The largest absolute Gasteiger partial charge is 0.381 e. The zero-order chi connectivity index (χ0) is 13.4. The number of hydrogen-bond donors (Lipinski definition) is 0. The molecule has 0 radical (unpaired) electrons. The van der Waals surface area contributed by atoms with Gasteiger partial charge in [0.05, 0.1) is 6.61 Å². The van der Waals surface area contributed by atoms with E-state index in [1.54, 1.807) is 0 Å². The summed E-state index contributed by atoms with van der Waals surface area (Å²) in [7, 11) is 0. The third kappa shape index (κ3) is 4.94. The number of ether oxygens (including phenoxy) is 1. The van der Waals surface area contributed by atoms with E-state index in [0.717, 1.165) is 52.4 Å². The van der Waals surface area contributed by atoms with Crippen molar-refractivity contribution in [1.29, 1.82) is 0 Å². The van der Waals surface area contributed by atoms with Crippen molar-refractivity contribution in [2.45, 2.75) is 33.6 Å². The van der Waals surface area contributed by atoms with Gasteiger partial charge < -0.3 is 14.5 Å². The Labute approximate surface area is 111 Å². The Hall–Kier alpha value is -0.610. The van der Waals surface area contributed by atoms with Crippen LogP contribution in [0, 0.1) is 5.92 Å². The van der Waals surface area contributed by atoms with Crippen molar-refractivity contribution in [1.82, 2.24) is 9.80 Å². The fourth-order valence-corrected chi connectivity index (χ4v) is 2.43. The topological polar surface area (TPSA) is 32.8 Å². The van der Waals surface area contributed by atoms with Gasteiger partial charge in [0.1, 0.15) is 0 Å². The number of carbonyl (C=O) groups is 1. The average molecular weight is 256 g/mol. The molecule has 1 fully saturated rings. The zero-order valence-electron chi connectivity index (χ0n) is 12.2. The molecule has 1 aliphatic rings. The van der Waals surface area contributed by atoms with E-state index in [1.165, 1.54) is 0 Å². The second-order valence-electron chi connectivity index (χ2n) is 4.93. The van der Waals surface area contributed by atoms with Crippen LogP contribution in [0.1, 0.15) is 33.6 Å². The minimum absolute atomic E-state index is 0.306. The highest BCUT2D eigenvalue weighted by Gasteiger charge is 2.25. The van der Waals surface area contributed by atoms with Gasteiger partial charge in [-0.05, 0) is 26.4 Å². The van der Waals surface area contributed by atoms with Crippen LogP contribution in [0.3, 0.4) is 0 Å².